The molecule has 0 fully saturated rings. The van der Waals surface area contributed by atoms with Crippen LogP contribution in [0.5, 0.6) is 5.75 Å². The lowest BCUT2D eigenvalue weighted by Crippen LogP contribution is -2.12. The lowest BCUT2D eigenvalue weighted by molar-refractivity contribution is -0.116. The summed E-state index contributed by atoms with van der Waals surface area (Å²) in [5.41, 5.74) is 4.30. The number of aryl methyl sites for hydroxylation is 2. The Hall–Kier alpha value is -2.72. The fourth-order valence-corrected chi connectivity index (χ4v) is 3.82. The molecule has 3 aromatic carbocycles. The third kappa shape index (κ3) is 5.89. The predicted molar refractivity (Wildman–Crippen MR) is 117 cm³/mol. The van der Waals surface area contributed by atoms with Gasteiger partial charge in [-0.25, -0.2) is 0 Å². The normalized spacial score (nSPS) is 10.5. The van der Waals surface area contributed by atoms with Gasteiger partial charge in [0, 0.05) is 22.8 Å². The number of carbonyl (C=O) groups excluding carboxylic acids is 1. The first kappa shape index (κ1) is 20.0. The first-order chi connectivity index (χ1) is 13.6. The van der Waals surface area contributed by atoms with Crippen LogP contribution in [0.3, 0.4) is 0 Å². The molecule has 4 heteroatoms. The van der Waals surface area contributed by atoms with Crippen molar-refractivity contribution in [3.8, 4) is 5.75 Å². The quantitative estimate of drug-likeness (QED) is 0.488. The monoisotopic (exact) mass is 391 g/mol. The van der Waals surface area contributed by atoms with Crippen LogP contribution in [0.4, 0.5) is 5.69 Å². The molecule has 0 aromatic heterocycles. The highest BCUT2D eigenvalue weighted by molar-refractivity contribution is 7.98. The van der Waals surface area contributed by atoms with E-state index in [9.17, 15) is 4.79 Å². The molecule has 144 valence electrons. The van der Waals surface area contributed by atoms with Crippen LogP contribution < -0.4 is 10.1 Å². The Morgan fingerprint density at radius 2 is 1.68 bits per heavy atom. The van der Waals surface area contributed by atoms with Gasteiger partial charge in [0.05, 0.1) is 7.11 Å². The molecule has 0 heterocycles. The lowest BCUT2D eigenvalue weighted by atomic mass is 10.1. The molecule has 1 N–H and O–H groups in total. The number of methoxy groups -OCH3 is 1. The highest BCUT2D eigenvalue weighted by Gasteiger charge is 2.06. The summed E-state index contributed by atoms with van der Waals surface area (Å²) in [7, 11) is 1.67. The van der Waals surface area contributed by atoms with Gasteiger partial charge < -0.3 is 10.1 Å². The highest BCUT2D eigenvalue weighted by atomic mass is 32.2. The maximum Gasteiger partial charge on any atom is 0.224 e. The van der Waals surface area contributed by atoms with E-state index in [1.807, 2.05) is 49.4 Å². The van der Waals surface area contributed by atoms with E-state index in [4.69, 9.17) is 4.74 Å². The number of carbonyl (C=O) groups is 1. The number of ether oxygens (including phenoxy) is 1. The van der Waals surface area contributed by atoms with Crippen LogP contribution in [0.25, 0.3) is 0 Å². The summed E-state index contributed by atoms with van der Waals surface area (Å²) < 4.78 is 5.28. The molecule has 3 nitrogen and oxygen atoms in total. The fourth-order valence-electron chi connectivity index (χ4n) is 2.95. The Balaban J connectivity index is 1.47. The summed E-state index contributed by atoms with van der Waals surface area (Å²) >= 11 is 1.81. The third-order valence-electron chi connectivity index (χ3n) is 4.49. The summed E-state index contributed by atoms with van der Waals surface area (Å²) in [6.45, 7) is 2.01. The predicted octanol–water partition coefficient (Wildman–Crippen LogP) is 5.87. The summed E-state index contributed by atoms with van der Waals surface area (Å²) in [4.78, 5) is 13.5. The van der Waals surface area contributed by atoms with Gasteiger partial charge in [-0.1, -0.05) is 42.5 Å². The second-order valence-corrected chi connectivity index (χ2v) is 7.70. The molecule has 1 amide bonds. The van der Waals surface area contributed by atoms with Gasteiger partial charge in [-0.05, 0) is 60.4 Å². The summed E-state index contributed by atoms with van der Waals surface area (Å²) in [6, 6.07) is 24.5. The van der Waals surface area contributed by atoms with Gasteiger partial charge in [0.2, 0.25) is 5.91 Å². The van der Waals surface area contributed by atoms with Gasteiger partial charge in [0.15, 0.2) is 0 Å². The van der Waals surface area contributed by atoms with E-state index >= 15 is 0 Å². The van der Waals surface area contributed by atoms with Crippen LogP contribution in [0, 0.1) is 6.92 Å². The zero-order valence-corrected chi connectivity index (χ0v) is 17.1. The molecule has 0 unspecified atom stereocenters. The molecule has 3 rings (SSSR count). The molecule has 28 heavy (non-hydrogen) atoms. The van der Waals surface area contributed by atoms with Crippen molar-refractivity contribution in [3.05, 3.63) is 89.5 Å². The van der Waals surface area contributed by atoms with Crippen molar-refractivity contribution in [2.45, 2.75) is 30.4 Å². The van der Waals surface area contributed by atoms with E-state index in [0.717, 1.165) is 28.3 Å². The highest BCUT2D eigenvalue weighted by Crippen LogP contribution is 2.23. The number of nitrogens with one attached hydrogen (secondary N) is 1. The number of rotatable bonds is 8. The van der Waals surface area contributed by atoms with Crippen LogP contribution in [0.2, 0.25) is 0 Å². The van der Waals surface area contributed by atoms with Crippen LogP contribution in [-0.4, -0.2) is 13.0 Å². The van der Waals surface area contributed by atoms with Crippen LogP contribution >= 0.6 is 11.8 Å². The van der Waals surface area contributed by atoms with Crippen molar-refractivity contribution in [1.82, 2.24) is 0 Å². The fraction of sp³-hybridized carbons (Fsp3) is 0.208. The smallest absolute Gasteiger partial charge is 0.224 e. The molecule has 0 aliphatic rings. The average Bonchev–Trinajstić information content (AvgIpc) is 2.72. The third-order valence-corrected chi connectivity index (χ3v) is 5.57. The van der Waals surface area contributed by atoms with Gasteiger partial charge >= 0.3 is 0 Å². The molecule has 0 radical (unpaired) electrons. The van der Waals surface area contributed by atoms with Gasteiger partial charge in [-0.3, -0.25) is 4.79 Å². The van der Waals surface area contributed by atoms with Crippen molar-refractivity contribution in [2.24, 2.45) is 0 Å². The SMILES string of the molecule is COc1ccc(CCC(=O)Nc2ccc(CSc3ccccc3)cc2)cc1C. The summed E-state index contributed by atoms with van der Waals surface area (Å²) in [5, 5.41) is 2.98. The van der Waals surface area contributed by atoms with E-state index in [-0.39, 0.29) is 5.91 Å². The Kier molecular flexibility index (Phi) is 7.15. The first-order valence-corrected chi connectivity index (χ1v) is 10.3. The number of thioether (sulfide) groups is 1. The zero-order valence-electron chi connectivity index (χ0n) is 16.3. The maximum atomic E-state index is 12.2. The molecule has 0 saturated heterocycles. The Morgan fingerprint density at radius 3 is 2.36 bits per heavy atom. The van der Waals surface area contributed by atoms with Gasteiger partial charge in [0.25, 0.3) is 0 Å². The number of anilines is 1. The number of benzene rings is 3. The van der Waals surface area contributed by atoms with E-state index in [2.05, 4.69) is 35.6 Å². The van der Waals surface area contributed by atoms with Gasteiger partial charge in [-0.15, -0.1) is 11.8 Å². The number of hydrogen-bond donors (Lipinski definition) is 1. The molecular formula is C24H25NO2S. The first-order valence-electron chi connectivity index (χ1n) is 9.34. The molecule has 0 saturated carbocycles. The minimum Gasteiger partial charge on any atom is -0.496 e. The Morgan fingerprint density at radius 1 is 0.964 bits per heavy atom. The number of amides is 1. The van der Waals surface area contributed by atoms with Crippen molar-refractivity contribution >= 4 is 23.4 Å². The van der Waals surface area contributed by atoms with E-state index in [0.29, 0.717) is 12.8 Å². The lowest BCUT2D eigenvalue weighted by Gasteiger charge is -2.09. The molecule has 3 aromatic rings. The van der Waals surface area contributed by atoms with Crippen LogP contribution in [-0.2, 0) is 17.0 Å². The van der Waals surface area contributed by atoms with Crippen molar-refractivity contribution < 1.29 is 9.53 Å². The van der Waals surface area contributed by atoms with Crippen molar-refractivity contribution in [1.29, 1.82) is 0 Å². The maximum absolute atomic E-state index is 12.2. The summed E-state index contributed by atoms with van der Waals surface area (Å²) in [5.74, 6) is 1.81. The topological polar surface area (TPSA) is 38.3 Å². The van der Waals surface area contributed by atoms with Crippen molar-refractivity contribution in [3.63, 3.8) is 0 Å². The second-order valence-electron chi connectivity index (χ2n) is 6.65. The molecule has 0 atom stereocenters. The zero-order chi connectivity index (χ0) is 19.8. The van der Waals surface area contributed by atoms with E-state index < -0.39 is 0 Å². The van der Waals surface area contributed by atoms with Gasteiger partial charge in [-0.2, -0.15) is 0 Å². The molecular weight excluding hydrogens is 366 g/mol. The van der Waals surface area contributed by atoms with Crippen molar-refractivity contribution in [2.75, 3.05) is 12.4 Å². The minimum absolute atomic E-state index is 0.0277. The van der Waals surface area contributed by atoms with Crippen LogP contribution in [0.15, 0.2) is 77.7 Å². The minimum atomic E-state index is 0.0277. The summed E-state index contributed by atoms with van der Waals surface area (Å²) in [6.07, 6.45) is 1.17. The average molecular weight is 392 g/mol. The molecule has 0 aliphatic heterocycles. The second kappa shape index (κ2) is 10.00. The van der Waals surface area contributed by atoms with E-state index in [1.54, 1.807) is 18.9 Å². The van der Waals surface area contributed by atoms with E-state index in [1.165, 1.54) is 10.5 Å². The molecule has 0 aliphatic carbocycles. The molecule has 0 bridgehead atoms. The Labute approximate surface area is 171 Å². The van der Waals surface area contributed by atoms with Gasteiger partial charge in [0.1, 0.15) is 5.75 Å². The standard InChI is InChI=1S/C24H25NO2S/c1-18-16-19(10-14-23(18)27-2)11-15-24(26)25-21-12-8-20(9-13-21)17-28-22-6-4-3-5-7-22/h3-10,12-14,16H,11,15,17H2,1-2H3,(H,25,26). The molecule has 0 spiro atoms. The van der Waals surface area contributed by atoms with Crippen LogP contribution in [0.1, 0.15) is 23.1 Å². The Bertz CT molecular complexity index is 908. The number of hydrogen-bond acceptors (Lipinski definition) is 3. The largest absolute Gasteiger partial charge is 0.496 e.